The van der Waals surface area contributed by atoms with Crippen LogP contribution in [-0.2, 0) is 13.6 Å². The molecule has 5 nitrogen and oxygen atoms in total. The number of nitrogens with zero attached hydrogens (tertiary/aromatic N) is 4. The Bertz CT molecular complexity index is 686. The molecule has 2 atom stereocenters. The van der Waals surface area contributed by atoms with Crippen molar-refractivity contribution in [2.45, 2.75) is 25.5 Å². The minimum atomic E-state index is -0.515. The molecule has 23 heavy (non-hydrogen) atoms. The van der Waals surface area contributed by atoms with Crippen molar-refractivity contribution in [2.75, 3.05) is 13.1 Å². The van der Waals surface area contributed by atoms with Gasteiger partial charge in [0.2, 0.25) is 0 Å². The van der Waals surface area contributed by atoms with Gasteiger partial charge in [0, 0.05) is 38.4 Å². The maximum absolute atomic E-state index is 10.6. The van der Waals surface area contributed by atoms with E-state index in [0.29, 0.717) is 5.56 Å². The van der Waals surface area contributed by atoms with E-state index in [1.807, 2.05) is 42.1 Å². The minimum Gasteiger partial charge on any atom is -0.385 e. The Morgan fingerprint density at radius 3 is 2.83 bits per heavy atom. The van der Waals surface area contributed by atoms with Crippen LogP contribution in [0.2, 0.25) is 0 Å². The molecule has 1 fully saturated rings. The number of aromatic nitrogens is 2. The largest absolute Gasteiger partial charge is 0.385 e. The summed E-state index contributed by atoms with van der Waals surface area (Å²) in [4.78, 5) is 6.66. The van der Waals surface area contributed by atoms with Gasteiger partial charge < -0.3 is 9.67 Å². The zero-order valence-corrected chi connectivity index (χ0v) is 13.4. The smallest absolute Gasteiger partial charge is 0.137 e. The first-order valence-corrected chi connectivity index (χ1v) is 8.04. The topological polar surface area (TPSA) is 65.1 Å². The number of piperidine rings is 1. The van der Waals surface area contributed by atoms with Gasteiger partial charge in [-0.2, -0.15) is 5.26 Å². The van der Waals surface area contributed by atoms with Crippen LogP contribution >= 0.6 is 0 Å². The number of likely N-dealkylation sites (tertiary alicyclic amines) is 1. The molecule has 5 heteroatoms. The number of aliphatic hydroxyl groups excluding tert-OH is 1. The van der Waals surface area contributed by atoms with E-state index in [-0.39, 0.29) is 5.92 Å². The summed E-state index contributed by atoms with van der Waals surface area (Å²) in [5.74, 6) is 0.957. The molecule has 0 spiro atoms. The van der Waals surface area contributed by atoms with Gasteiger partial charge in [0.25, 0.3) is 0 Å². The van der Waals surface area contributed by atoms with Crippen LogP contribution in [0.5, 0.6) is 0 Å². The van der Waals surface area contributed by atoms with E-state index in [0.717, 1.165) is 38.3 Å². The number of hydrogen-bond acceptors (Lipinski definition) is 4. The Kier molecular flexibility index (Phi) is 4.75. The van der Waals surface area contributed by atoms with Gasteiger partial charge in [0.15, 0.2) is 0 Å². The molecule has 3 rings (SSSR count). The molecule has 0 amide bonds. The minimum absolute atomic E-state index is 0.211. The maximum atomic E-state index is 10.6. The summed E-state index contributed by atoms with van der Waals surface area (Å²) in [6.07, 6.45) is 5.20. The molecule has 1 aliphatic rings. The number of imidazole rings is 1. The molecule has 2 heterocycles. The first-order valence-electron chi connectivity index (χ1n) is 8.04. The Labute approximate surface area is 136 Å². The van der Waals surface area contributed by atoms with E-state index in [1.54, 1.807) is 6.20 Å². The van der Waals surface area contributed by atoms with E-state index in [2.05, 4.69) is 16.0 Å². The molecule has 1 saturated heterocycles. The number of aliphatic hydroxyl groups is 1. The first-order chi connectivity index (χ1) is 11.2. The summed E-state index contributed by atoms with van der Waals surface area (Å²) in [7, 11) is 1.92. The van der Waals surface area contributed by atoms with E-state index >= 15 is 0 Å². The molecule has 0 aliphatic carbocycles. The second-order valence-corrected chi connectivity index (χ2v) is 6.29. The van der Waals surface area contributed by atoms with Crippen molar-refractivity contribution in [3.8, 4) is 6.07 Å². The van der Waals surface area contributed by atoms with Gasteiger partial charge >= 0.3 is 0 Å². The van der Waals surface area contributed by atoms with Crippen molar-refractivity contribution < 1.29 is 5.11 Å². The quantitative estimate of drug-likeness (QED) is 0.940. The number of rotatable bonds is 4. The molecular weight excluding hydrogens is 288 g/mol. The first kappa shape index (κ1) is 15.7. The molecule has 1 aromatic heterocycles. The molecule has 2 aromatic rings. The van der Waals surface area contributed by atoms with Gasteiger partial charge in [0.05, 0.1) is 11.6 Å². The fourth-order valence-electron chi connectivity index (χ4n) is 3.31. The third kappa shape index (κ3) is 3.61. The number of hydrogen-bond donors (Lipinski definition) is 1. The Balaban J connectivity index is 1.63. The van der Waals surface area contributed by atoms with E-state index in [1.165, 1.54) is 5.56 Å². The molecule has 1 N–H and O–H groups in total. The Hall–Kier alpha value is -2.16. The third-order valence-electron chi connectivity index (χ3n) is 4.60. The average molecular weight is 310 g/mol. The van der Waals surface area contributed by atoms with Crippen LogP contribution in [0.4, 0.5) is 0 Å². The van der Waals surface area contributed by atoms with Gasteiger partial charge in [-0.05, 0) is 37.1 Å². The van der Waals surface area contributed by atoms with Crippen molar-refractivity contribution in [2.24, 2.45) is 13.0 Å². The summed E-state index contributed by atoms with van der Waals surface area (Å²) in [6.45, 7) is 2.77. The fraction of sp³-hybridized carbons (Fsp3) is 0.444. The molecule has 1 aromatic carbocycles. The van der Waals surface area contributed by atoms with Gasteiger partial charge in [-0.15, -0.1) is 0 Å². The van der Waals surface area contributed by atoms with Crippen LogP contribution < -0.4 is 0 Å². The normalized spacial score (nSPS) is 20.1. The maximum Gasteiger partial charge on any atom is 0.137 e. The summed E-state index contributed by atoms with van der Waals surface area (Å²) < 4.78 is 1.89. The van der Waals surface area contributed by atoms with Crippen molar-refractivity contribution in [1.29, 1.82) is 5.26 Å². The molecule has 120 valence electrons. The van der Waals surface area contributed by atoms with Crippen LogP contribution in [0.25, 0.3) is 0 Å². The monoisotopic (exact) mass is 310 g/mol. The highest BCUT2D eigenvalue weighted by Gasteiger charge is 2.29. The van der Waals surface area contributed by atoms with Crippen molar-refractivity contribution in [3.63, 3.8) is 0 Å². The van der Waals surface area contributed by atoms with Crippen LogP contribution in [0.3, 0.4) is 0 Å². The highest BCUT2D eigenvalue weighted by atomic mass is 16.3. The Morgan fingerprint density at radius 1 is 1.39 bits per heavy atom. The van der Waals surface area contributed by atoms with Gasteiger partial charge in [-0.1, -0.05) is 12.1 Å². The summed E-state index contributed by atoms with van der Waals surface area (Å²) in [6, 6.07) is 9.89. The fourth-order valence-corrected chi connectivity index (χ4v) is 3.31. The predicted octanol–water partition coefficient (Wildman–Crippen LogP) is 2.24. The lowest BCUT2D eigenvalue weighted by Gasteiger charge is -2.34. The third-order valence-corrected chi connectivity index (χ3v) is 4.60. The zero-order valence-electron chi connectivity index (χ0n) is 13.4. The standard InChI is InChI=1S/C18H22N4O/c1-21-10-8-20-18(21)17(23)16-3-2-9-22(13-16)12-15-6-4-14(11-19)5-7-15/h4-8,10,16-17,23H,2-3,9,12-13H2,1H3. The van der Waals surface area contributed by atoms with Gasteiger partial charge in [-0.3, -0.25) is 4.90 Å². The molecule has 0 radical (unpaired) electrons. The lowest BCUT2D eigenvalue weighted by Crippen LogP contribution is -2.37. The van der Waals surface area contributed by atoms with Gasteiger partial charge in [0.1, 0.15) is 11.9 Å². The lowest BCUT2D eigenvalue weighted by molar-refractivity contribution is 0.0405. The van der Waals surface area contributed by atoms with Gasteiger partial charge in [-0.25, -0.2) is 4.98 Å². The molecule has 1 aliphatic heterocycles. The van der Waals surface area contributed by atoms with E-state index in [9.17, 15) is 5.11 Å². The zero-order chi connectivity index (χ0) is 16.2. The highest BCUT2D eigenvalue weighted by Crippen LogP contribution is 2.29. The summed E-state index contributed by atoms with van der Waals surface area (Å²) >= 11 is 0. The summed E-state index contributed by atoms with van der Waals surface area (Å²) in [5.41, 5.74) is 1.90. The number of nitriles is 1. The molecule has 0 saturated carbocycles. The van der Waals surface area contributed by atoms with Crippen LogP contribution in [0, 0.1) is 17.2 Å². The van der Waals surface area contributed by atoms with Crippen molar-refractivity contribution in [1.82, 2.24) is 14.5 Å². The second kappa shape index (κ2) is 6.95. The number of benzene rings is 1. The Morgan fingerprint density at radius 2 is 2.17 bits per heavy atom. The van der Waals surface area contributed by atoms with Crippen LogP contribution in [-0.4, -0.2) is 32.6 Å². The van der Waals surface area contributed by atoms with Crippen molar-refractivity contribution >= 4 is 0 Å². The number of aryl methyl sites for hydroxylation is 1. The highest BCUT2D eigenvalue weighted by molar-refractivity contribution is 5.31. The molecular formula is C18H22N4O. The second-order valence-electron chi connectivity index (χ2n) is 6.29. The molecule has 2 unspecified atom stereocenters. The summed E-state index contributed by atoms with van der Waals surface area (Å²) in [5, 5.41) is 19.5. The average Bonchev–Trinajstić information content (AvgIpc) is 3.01. The van der Waals surface area contributed by atoms with Crippen molar-refractivity contribution in [3.05, 3.63) is 53.6 Å². The van der Waals surface area contributed by atoms with E-state index < -0.39 is 6.10 Å². The SMILES string of the molecule is Cn1ccnc1C(O)C1CCCN(Cc2ccc(C#N)cc2)C1. The lowest BCUT2D eigenvalue weighted by atomic mass is 9.91. The van der Waals surface area contributed by atoms with E-state index in [4.69, 9.17) is 5.26 Å². The van der Waals surface area contributed by atoms with Crippen LogP contribution in [0.1, 0.15) is 35.9 Å². The molecule has 0 bridgehead atoms. The van der Waals surface area contributed by atoms with Crippen LogP contribution in [0.15, 0.2) is 36.7 Å². The predicted molar refractivity (Wildman–Crippen MR) is 87.3 cm³/mol.